The monoisotopic (exact) mass is 401 g/mol. The van der Waals surface area contributed by atoms with Crippen LogP contribution in [0.5, 0.6) is 0 Å². The first kappa shape index (κ1) is 18.8. The number of fused-ring (bicyclic) bond motifs is 1. The summed E-state index contributed by atoms with van der Waals surface area (Å²) in [6.07, 6.45) is -2.65. The normalized spacial score (nSPS) is 13.3. The fourth-order valence-electron chi connectivity index (χ4n) is 2.65. The quantitative estimate of drug-likeness (QED) is 0.388. The first-order valence-electron chi connectivity index (χ1n) is 7.56. The number of anilines is 1. The lowest BCUT2D eigenvalue weighted by Gasteiger charge is -2.13. The lowest BCUT2D eigenvalue weighted by atomic mass is 10.2. The molecule has 3 heterocycles. The van der Waals surface area contributed by atoms with E-state index in [1.807, 2.05) is 30.8 Å². The summed E-state index contributed by atoms with van der Waals surface area (Å²) in [5.41, 5.74) is 6.89. The highest BCUT2D eigenvalue weighted by molar-refractivity contribution is 7.99. The van der Waals surface area contributed by atoms with Gasteiger partial charge in [0.15, 0.2) is 16.0 Å². The molecule has 0 aliphatic carbocycles. The zero-order valence-corrected chi connectivity index (χ0v) is 15.7. The van der Waals surface area contributed by atoms with Crippen LogP contribution in [0.1, 0.15) is 29.1 Å². The fourth-order valence-corrected chi connectivity index (χ4v) is 3.85. The minimum absolute atomic E-state index is 0.0624. The summed E-state index contributed by atoms with van der Waals surface area (Å²) < 4.78 is 40.6. The molecule has 0 fully saturated rings. The van der Waals surface area contributed by atoms with Crippen molar-refractivity contribution in [2.45, 2.75) is 30.4 Å². The molecule has 0 bridgehead atoms. The van der Waals surface area contributed by atoms with E-state index in [1.165, 1.54) is 0 Å². The maximum atomic E-state index is 12.9. The van der Waals surface area contributed by atoms with E-state index >= 15 is 0 Å². The number of hydrogen-bond donors (Lipinski definition) is 1. The Kier molecular flexibility index (Phi) is 4.78. The first-order valence-corrected chi connectivity index (χ1v) is 8.82. The van der Waals surface area contributed by atoms with Gasteiger partial charge >= 0.3 is 6.18 Å². The molecule has 3 aromatic rings. The van der Waals surface area contributed by atoms with Gasteiger partial charge in [-0.25, -0.2) is 15.0 Å². The minimum atomic E-state index is -4.59. The minimum Gasteiger partial charge on any atom is -0.384 e. The van der Waals surface area contributed by atoms with E-state index in [-0.39, 0.29) is 16.2 Å². The largest absolute Gasteiger partial charge is 0.433 e. The third kappa shape index (κ3) is 3.59. The number of halogens is 4. The number of hydrogen-bond acceptors (Lipinski definition) is 5. The van der Waals surface area contributed by atoms with E-state index in [0.29, 0.717) is 16.9 Å². The summed E-state index contributed by atoms with van der Waals surface area (Å²) in [7, 11) is 1.87. The molecule has 0 saturated carbocycles. The van der Waals surface area contributed by atoms with Gasteiger partial charge in [-0.1, -0.05) is 23.4 Å². The van der Waals surface area contributed by atoms with Crippen LogP contribution < -0.4 is 5.73 Å². The summed E-state index contributed by atoms with van der Waals surface area (Å²) in [6, 6.07) is 2.59. The van der Waals surface area contributed by atoms with Crippen molar-refractivity contribution >= 4 is 40.1 Å². The van der Waals surface area contributed by atoms with Gasteiger partial charge in [0.2, 0.25) is 0 Å². The Balaban J connectivity index is 1.96. The van der Waals surface area contributed by atoms with Crippen molar-refractivity contribution in [2.75, 3.05) is 5.73 Å². The van der Waals surface area contributed by atoms with Crippen LogP contribution in [0, 0.1) is 6.92 Å². The van der Waals surface area contributed by atoms with Gasteiger partial charge in [0.05, 0.1) is 16.5 Å². The van der Waals surface area contributed by atoms with Crippen LogP contribution in [0.2, 0.25) is 5.15 Å². The molecule has 0 aliphatic heterocycles. The second kappa shape index (κ2) is 6.62. The summed E-state index contributed by atoms with van der Waals surface area (Å²) in [5, 5.41) is 0.900. The number of rotatable bonds is 3. The zero-order chi connectivity index (χ0) is 19.2. The molecule has 10 heteroatoms. The topological polar surface area (TPSA) is 69.6 Å². The van der Waals surface area contributed by atoms with Gasteiger partial charge in [-0.15, -0.1) is 0 Å². The van der Waals surface area contributed by atoms with Gasteiger partial charge in [-0.05, 0) is 25.5 Å². The van der Waals surface area contributed by atoms with E-state index in [4.69, 9.17) is 17.3 Å². The van der Waals surface area contributed by atoms with Crippen LogP contribution in [-0.4, -0.2) is 19.5 Å². The van der Waals surface area contributed by atoms with E-state index in [2.05, 4.69) is 15.0 Å². The van der Waals surface area contributed by atoms with Crippen molar-refractivity contribution in [3.05, 3.63) is 40.4 Å². The summed E-state index contributed by atoms with van der Waals surface area (Å²) in [4.78, 5) is 11.8. The lowest BCUT2D eigenvalue weighted by Crippen LogP contribution is -2.11. The van der Waals surface area contributed by atoms with Crippen molar-refractivity contribution in [1.29, 1.82) is 0 Å². The molecule has 0 amide bonds. The van der Waals surface area contributed by atoms with Crippen LogP contribution in [0.4, 0.5) is 19.0 Å². The summed E-state index contributed by atoms with van der Waals surface area (Å²) >= 11 is 7.34. The van der Waals surface area contributed by atoms with Crippen LogP contribution in [0.25, 0.3) is 10.9 Å². The Hall–Kier alpha value is -2.00. The van der Waals surface area contributed by atoms with Crippen molar-refractivity contribution in [3.8, 4) is 0 Å². The van der Waals surface area contributed by atoms with Gasteiger partial charge in [-0.2, -0.15) is 13.2 Å². The number of nitrogens with two attached hydrogens (primary N) is 1. The highest BCUT2D eigenvalue weighted by Gasteiger charge is 2.33. The molecule has 1 unspecified atom stereocenters. The van der Waals surface area contributed by atoms with Gasteiger partial charge in [0, 0.05) is 24.7 Å². The molecule has 3 aromatic heterocycles. The van der Waals surface area contributed by atoms with Crippen molar-refractivity contribution < 1.29 is 13.2 Å². The van der Waals surface area contributed by atoms with Gasteiger partial charge in [-0.3, -0.25) is 0 Å². The van der Waals surface area contributed by atoms with Crippen molar-refractivity contribution in [1.82, 2.24) is 19.5 Å². The average molecular weight is 402 g/mol. The Morgan fingerprint density at radius 2 is 1.92 bits per heavy atom. The van der Waals surface area contributed by atoms with E-state index in [0.717, 1.165) is 28.2 Å². The molecule has 138 valence electrons. The lowest BCUT2D eigenvalue weighted by molar-refractivity contribution is -0.141. The molecule has 26 heavy (non-hydrogen) atoms. The number of pyridine rings is 1. The number of nitrogen functional groups attached to an aromatic ring is 1. The molecular formula is C16H15ClF3N5S. The molecule has 2 N–H and O–H groups in total. The molecule has 5 nitrogen and oxygen atoms in total. The highest BCUT2D eigenvalue weighted by atomic mass is 35.5. The second-order valence-corrected chi connectivity index (χ2v) is 7.54. The predicted octanol–water partition coefficient (Wildman–Crippen LogP) is 4.78. The molecule has 3 rings (SSSR count). The SMILES string of the molecule is Cc1cn(C)c2c(Cl)nc(C(C)Sc3nc(N)cc(C(F)(F)F)n3)cc12. The highest BCUT2D eigenvalue weighted by Crippen LogP contribution is 2.37. The van der Waals surface area contributed by atoms with E-state index < -0.39 is 11.9 Å². The fraction of sp³-hybridized carbons (Fsp3) is 0.312. The maximum Gasteiger partial charge on any atom is 0.433 e. The molecule has 0 aromatic carbocycles. The maximum absolute atomic E-state index is 12.9. The van der Waals surface area contributed by atoms with E-state index in [1.54, 1.807) is 6.92 Å². The molecule has 0 radical (unpaired) electrons. The molecular weight excluding hydrogens is 387 g/mol. The van der Waals surface area contributed by atoms with E-state index in [9.17, 15) is 13.2 Å². The molecule has 1 atom stereocenters. The van der Waals surface area contributed by atoms with Gasteiger partial charge in [0.25, 0.3) is 0 Å². The number of aromatic nitrogens is 4. The number of thioether (sulfide) groups is 1. The van der Waals surface area contributed by atoms with Crippen molar-refractivity contribution in [2.24, 2.45) is 7.05 Å². The Bertz CT molecular complexity index is 986. The number of nitrogens with zero attached hydrogens (tertiary/aromatic N) is 4. The predicted molar refractivity (Wildman–Crippen MR) is 96.2 cm³/mol. The Labute approximate surface area is 156 Å². The van der Waals surface area contributed by atoms with Crippen LogP contribution >= 0.6 is 23.4 Å². The smallest absolute Gasteiger partial charge is 0.384 e. The second-order valence-electron chi connectivity index (χ2n) is 5.88. The van der Waals surface area contributed by atoms with Crippen molar-refractivity contribution in [3.63, 3.8) is 0 Å². The first-order chi connectivity index (χ1) is 12.1. The molecule has 0 aliphatic rings. The number of aryl methyl sites for hydroxylation is 2. The summed E-state index contributed by atoms with van der Waals surface area (Å²) in [6.45, 7) is 3.75. The van der Waals surface area contributed by atoms with Crippen LogP contribution in [0.15, 0.2) is 23.5 Å². The third-order valence-electron chi connectivity index (χ3n) is 3.85. The molecule has 0 saturated heterocycles. The third-order valence-corrected chi connectivity index (χ3v) is 5.10. The van der Waals surface area contributed by atoms with Gasteiger partial charge < -0.3 is 10.3 Å². The van der Waals surface area contributed by atoms with Crippen LogP contribution in [-0.2, 0) is 13.2 Å². The number of alkyl halides is 3. The van der Waals surface area contributed by atoms with Crippen LogP contribution in [0.3, 0.4) is 0 Å². The Morgan fingerprint density at radius 3 is 2.58 bits per heavy atom. The summed E-state index contributed by atoms with van der Waals surface area (Å²) in [5.74, 6) is -0.234. The average Bonchev–Trinajstić information content (AvgIpc) is 2.80. The Morgan fingerprint density at radius 1 is 1.23 bits per heavy atom. The zero-order valence-electron chi connectivity index (χ0n) is 14.1. The van der Waals surface area contributed by atoms with Gasteiger partial charge in [0.1, 0.15) is 5.82 Å². The standard InChI is InChI=1S/C16H15ClF3N5S/c1-7-6-25(3)13-9(7)4-10(22-14(13)17)8(2)26-15-23-11(16(18,19)20)5-12(21)24-15/h4-6,8H,1-3H3,(H2,21,23,24). The molecule has 0 spiro atoms.